The van der Waals surface area contributed by atoms with E-state index >= 15 is 0 Å². The number of phenols is 1. The molecule has 3 heterocycles. The molecule has 3 aliphatic rings. The van der Waals surface area contributed by atoms with Crippen molar-refractivity contribution >= 4 is 12.0 Å². The Morgan fingerprint density at radius 2 is 1.45 bits per heavy atom. The number of aryl methyl sites for hydroxylation is 1. The van der Waals surface area contributed by atoms with Crippen LogP contribution in [0.4, 0.5) is 0 Å². The topological polar surface area (TPSA) is 89.9 Å². The molecular weight excluding hydrogens is 620 g/mol. The summed E-state index contributed by atoms with van der Waals surface area (Å²) in [6.07, 6.45) is 2.46. The number of hydrogen-bond donors (Lipinski definition) is 1. The van der Waals surface area contributed by atoms with E-state index in [0.717, 1.165) is 50.2 Å². The van der Waals surface area contributed by atoms with Gasteiger partial charge in [0.1, 0.15) is 12.4 Å². The molecule has 2 bridgehead atoms. The highest BCUT2D eigenvalue weighted by atomic mass is 16.5. The van der Waals surface area contributed by atoms with E-state index in [9.17, 15) is 9.90 Å². The van der Waals surface area contributed by atoms with Gasteiger partial charge in [-0.15, -0.1) is 0 Å². The maximum atomic E-state index is 14.8. The monoisotopic (exact) mass is 662 g/mol. The van der Waals surface area contributed by atoms with Gasteiger partial charge in [0.05, 0.1) is 52.7 Å². The van der Waals surface area contributed by atoms with Gasteiger partial charge in [-0.05, 0) is 55.6 Å². The maximum Gasteiger partial charge on any atom is 0.245 e. The quantitative estimate of drug-likeness (QED) is 0.202. The maximum absolute atomic E-state index is 14.8. The van der Waals surface area contributed by atoms with E-state index in [0.29, 0.717) is 42.6 Å². The molecule has 49 heavy (non-hydrogen) atoms. The average molecular weight is 663 g/mol. The number of methoxy groups -OCH3 is 3. The van der Waals surface area contributed by atoms with Crippen LogP contribution in [0.3, 0.4) is 0 Å². The van der Waals surface area contributed by atoms with Crippen LogP contribution >= 0.6 is 0 Å². The lowest BCUT2D eigenvalue weighted by molar-refractivity contribution is -0.145. The fraction of sp³-hybridized carbons (Fsp3) is 0.325. The molecule has 254 valence electrons. The van der Waals surface area contributed by atoms with Crippen LogP contribution in [0, 0.1) is 13.8 Å². The molecule has 0 unspecified atom stereocenters. The number of likely N-dealkylation sites (N-methyl/N-ethyl adjacent to an activating group) is 1. The first-order chi connectivity index (χ1) is 23.8. The summed E-state index contributed by atoms with van der Waals surface area (Å²) in [5.41, 5.74) is 7.57. The third kappa shape index (κ3) is 5.37. The van der Waals surface area contributed by atoms with Crippen molar-refractivity contribution in [3.05, 3.63) is 117 Å². The van der Waals surface area contributed by atoms with Crippen molar-refractivity contribution in [1.29, 1.82) is 0 Å². The molecule has 7 rings (SSSR count). The van der Waals surface area contributed by atoms with Gasteiger partial charge in [-0.2, -0.15) is 0 Å². The summed E-state index contributed by atoms with van der Waals surface area (Å²) in [6, 6.07) is 20.5. The van der Waals surface area contributed by atoms with Gasteiger partial charge in [0, 0.05) is 28.0 Å². The third-order valence-corrected chi connectivity index (χ3v) is 10.1. The number of piperazine rings is 1. The molecule has 3 atom stereocenters. The Labute approximate surface area is 287 Å². The summed E-state index contributed by atoms with van der Waals surface area (Å²) in [5.74, 6) is 2.19. The molecular formula is C40H42N2O7. The van der Waals surface area contributed by atoms with Crippen molar-refractivity contribution in [3.8, 4) is 28.7 Å². The Kier molecular flexibility index (Phi) is 8.73. The number of carbonyl (C=O) groups excluding carboxylic acids is 1. The molecule has 0 saturated carbocycles. The van der Waals surface area contributed by atoms with Crippen LogP contribution in [0.15, 0.2) is 72.4 Å². The Hall–Kier alpha value is -4.99. The zero-order valence-corrected chi connectivity index (χ0v) is 28.8. The minimum absolute atomic E-state index is 0.0462. The van der Waals surface area contributed by atoms with Crippen molar-refractivity contribution in [2.45, 2.75) is 51.6 Å². The highest BCUT2D eigenvalue weighted by molar-refractivity contribution is 5.91. The number of amides is 1. The van der Waals surface area contributed by atoms with Gasteiger partial charge >= 0.3 is 0 Å². The Morgan fingerprint density at radius 1 is 0.816 bits per heavy atom. The second-order valence-corrected chi connectivity index (χ2v) is 12.9. The zero-order chi connectivity index (χ0) is 34.4. The SMILES string of the molecule is COc1c(C)cc2c(c1O)[C@H]1C3=Cc4c(OC)c(C)c(OC)c(OCc5ccccc5)c4[C@H](COCc4ccccc4)N3C(=O)[C@@H](C2)N1C. The first kappa shape index (κ1) is 32.6. The van der Waals surface area contributed by atoms with E-state index in [4.69, 9.17) is 23.7 Å². The molecule has 9 heteroatoms. The molecule has 1 N–H and O–H groups in total. The van der Waals surface area contributed by atoms with Crippen molar-refractivity contribution in [1.82, 2.24) is 9.80 Å². The van der Waals surface area contributed by atoms with E-state index in [-0.39, 0.29) is 18.3 Å². The molecule has 1 saturated heterocycles. The van der Waals surface area contributed by atoms with Crippen LogP contribution in [0.2, 0.25) is 0 Å². The first-order valence-electron chi connectivity index (χ1n) is 16.5. The van der Waals surface area contributed by atoms with Gasteiger partial charge in [0.15, 0.2) is 23.0 Å². The summed E-state index contributed by atoms with van der Waals surface area (Å²) < 4.78 is 30.9. The average Bonchev–Trinajstić information content (AvgIpc) is 3.10. The number of ether oxygens (including phenoxy) is 5. The summed E-state index contributed by atoms with van der Waals surface area (Å²) in [4.78, 5) is 18.7. The zero-order valence-electron chi connectivity index (χ0n) is 28.8. The largest absolute Gasteiger partial charge is 0.504 e. The Morgan fingerprint density at radius 3 is 2.08 bits per heavy atom. The predicted molar refractivity (Wildman–Crippen MR) is 186 cm³/mol. The van der Waals surface area contributed by atoms with Crippen molar-refractivity contribution in [3.63, 3.8) is 0 Å². The summed E-state index contributed by atoms with van der Waals surface area (Å²) in [7, 11) is 6.77. The molecule has 4 aromatic carbocycles. The van der Waals surface area contributed by atoms with Gasteiger partial charge in [0.2, 0.25) is 5.91 Å². The summed E-state index contributed by atoms with van der Waals surface area (Å²) in [5, 5.41) is 11.7. The second kappa shape index (κ2) is 13.1. The summed E-state index contributed by atoms with van der Waals surface area (Å²) in [6.45, 7) is 4.70. The van der Waals surface area contributed by atoms with Crippen molar-refractivity contribution in [2.24, 2.45) is 0 Å². The summed E-state index contributed by atoms with van der Waals surface area (Å²) >= 11 is 0. The van der Waals surface area contributed by atoms with Crippen LogP contribution in [0.25, 0.3) is 6.08 Å². The number of phenolic OH excluding ortho intramolecular Hbond substituents is 1. The van der Waals surface area contributed by atoms with E-state index in [1.54, 1.807) is 21.3 Å². The van der Waals surface area contributed by atoms with E-state index < -0.39 is 18.1 Å². The Balaban J connectivity index is 1.45. The number of rotatable bonds is 10. The minimum atomic E-state index is -0.588. The number of benzene rings is 4. The van der Waals surface area contributed by atoms with Crippen molar-refractivity contribution < 1.29 is 33.6 Å². The van der Waals surface area contributed by atoms with Crippen LogP contribution in [-0.4, -0.2) is 61.8 Å². The molecule has 0 spiro atoms. The van der Waals surface area contributed by atoms with E-state index in [2.05, 4.69) is 4.90 Å². The van der Waals surface area contributed by atoms with Crippen LogP contribution in [0.1, 0.15) is 56.6 Å². The normalized spacial score (nSPS) is 19.4. The second-order valence-electron chi connectivity index (χ2n) is 12.9. The minimum Gasteiger partial charge on any atom is -0.504 e. The fourth-order valence-corrected chi connectivity index (χ4v) is 7.85. The van der Waals surface area contributed by atoms with Gasteiger partial charge < -0.3 is 33.7 Å². The molecule has 0 radical (unpaired) electrons. The molecule has 1 fully saturated rings. The molecule has 9 nitrogen and oxygen atoms in total. The lowest BCUT2D eigenvalue weighted by Gasteiger charge is -2.53. The number of hydrogen-bond acceptors (Lipinski definition) is 8. The van der Waals surface area contributed by atoms with Crippen molar-refractivity contribution in [2.75, 3.05) is 35.0 Å². The lowest BCUT2D eigenvalue weighted by atomic mass is 9.78. The fourth-order valence-electron chi connectivity index (χ4n) is 7.85. The van der Waals surface area contributed by atoms with E-state index in [1.165, 1.54) is 0 Å². The van der Waals surface area contributed by atoms with E-state index in [1.807, 2.05) is 98.6 Å². The lowest BCUT2D eigenvalue weighted by Crippen LogP contribution is -2.60. The van der Waals surface area contributed by atoms with Gasteiger partial charge in [-0.1, -0.05) is 66.7 Å². The predicted octanol–water partition coefficient (Wildman–Crippen LogP) is 6.67. The molecule has 0 aliphatic carbocycles. The van der Waals surface area contributed by atoms with Crippen LogP contribution in [0.5, 0.6) is 28.7 Å². The molecule has 1 amide bonds. The van der Waals surface area contributed by atoms with Gasteiger partial charge in [-0.25, -0.2) is 0 Å². The van der Waals surface area contributed by atoms with Gasteiger partial charge in [0.25, 0.3) is 0 Å². The smallest absolute Gasteiger partial charge is 0.245 e. The highest BCUT2D eigenvalue weighted by Crippen LogP contribution is 2.57. The molecule has 4 aromatic rings. The van der Waals surface area contributed by atoms with Crippen LogP contribution < -0.4 is 18.9 Å². The van der Waals surface area contributed by atoms with Crippen LogP contribution in [-0.2, 0) is 29.2 Å². The number of fused-ring (bicyclic) bond motifs is 7. The van der Waals surface area contributed by atoms with Gasteiger partial charge in [-0.3, -0.25) is 9.69 Å². The first-order valence-corrected chi connectivity index (χ1v) is 16.5. The molecule has 0 aromatic heterocycles. The number of nitrogens with zero attached hydrogens (tertiary/aromatic N) is 2. The number of aromatic hydroxyl groups is 1. The third-order valence-electron chi connectivity index (χ3n) is 10.1. The molecule has 3 aliphatic heterocycles. The Bertz CT molecular complexity index is 1930. The standard InChI is InChI=1S/C40H42N2O7/c1-23-17-27-18-30-40(44)42-29(34(41(30)3)32(27)35(43)36(23)45-4)19-28-33(31(42)22-48-20-25-13-9-7-10-14-25)39(38(47-6)24(2)37(28)46-5)49-21-26-15-11-8-12-16-26/h7-17,19,30-31,34,43H,18,20-22H2,1-6H3/t30-,31+,34-/m1/s1. The highest BCUT2D eigenvalue weighted by Gasteiger charge is 2.53. The number of carbonyl (C=O) groups is 1.